The number of urea groups is 1. The van der Waals surface area contributed by atoms with Gasteiger partial charge in [0.1, 0.15) is 11.6 Å². The van der Waals surface area contributed by atoms with Crippen molar-refractivity contribution in [3.8, 4) is 0 Å². The summed E-state index contributed by atoms with van der Waals surface area (Å²) in [7, 11) is 0. The topological polar surface area (TPSA) is 122 Å². The standard InChI is InChI=1S/C7H8FN3O.C7H6FNO2/c8-5-1-3-6(4-2-5)11(10)7(9)12;8-5-1-3-6(4-2-5)9-7(10)11/h1-4H,10H2,(H2,9,12);1-4,9H,(H,10,11). The second-order valence-corrected chi connectivity index (χ2v) is 4.12. The molecule has 0 saturated heterocycles. The Kier molecular flexibility index (Phi) is 6.44. The van der Waals surface area contributed by atoms with E-state index in [9.17, 15) is 18.4 Å². The van der Waals surface area contributed by atoms with Gasteiger partial charge >= 0.3 is 12.1 Å². The van der Waals surface area contributed by atoms with Gasteiger partial charge in [-0.25, -0.2) is 29.2 Å². The molecule has 0 aromatic heterocycles. The van der Waals surface area contributed by atoms with Gasteiger partial charge in [0.15, 0.2) is 0 Å². The molecule has 0 fully saturated rings. The van der Waals surface area contributed by atoms with Crippen LogP contribution in [0.3, 0.4) is 0 Å². The second-order valence-electron chi connectivity index (χ2n) is 4.12. The first-order valence-corrected chi connectivity index (χ1v) is 6.15. The van der Waals surface area contributed by atoms with E-state index < -0.39 is 17.9 Å². The fourth-order valence-electron chi connectivity index (χ4n) is 1.39. The summed E-state index contributed by atoms with van der Waals surface area (Å²) in [5.41, 5.74) is 5.59. The van der Waals surface area contributed by atoms with Gasteiger partial charge < -0.3 is 10.8 Å². The van der Waals surface area contributed by atoms with Crippen molar-refractivity contribution in [1.82, 2.24) is 0 Å². The number of nitrogens with zero attached hydrogens (tertiary/aromatic N) is 1. The van der Waals surface area contributed by atoms with Gasteiger partial charge in [-0.2, -0.15) is 0 Å². The zero-order valence-electron chi connectivity index (χ0n) is 11.7. The average molecular weight is 324 g/mol. The van der Waals surface area contributed by atoms with Crippen LogP contribution in [0.4, 0.5) is 29.7 Å². The summed E-state index contributed by atoms with van der Waals surface area (Å²) < 4.78 is 24.6. The summed E-state index contributed by atoms with van der Waals surface area (Å²) in [5.74, 6) is 4.44. The molecule has 0 atom stereocenters. The van der Waals surface area contributed by atoms with Crippen LogP contribution in [-0.2, 0) is 0 Å². The number of carbonyl (C=O) groups is 2. The Balaban J connectivity index is 0.000000231. The quantitative estimate of drug-likeness (QED) is 0.385. The highest BCUT2D eigenvalue weighted by Crippen LogP contribution is 2.10. The van der Waals surface area contributed by atoms with Gasteiger partial charge in [-0.3, -0.25) is 5.32 Å². The van der Waals surface area contributed by atoms with E-state index in [4.69, 9.17) is 16.7 Å². The summed E-state index contributed by atoms with van der Waals surface area (Å²) in [4.78, 5) is 20.6. The summed E-state index contributed by atoms with van der Waals surface area (Å²) in [6.07, 6.45) is -1.16. The summed E-state index contributed by atoms with van der Waals surface area (Å²) >= 11 is 0. The number of anilines is 2. The molecule has 6 N–H and O–H groups in total. The SMILES string of the molecule is NC(=O)N(N)c1ccc(F)cc1.O=C(O)Nc1ccc(F)cc1. The molecule has 3 amide bonds. The molecule has 0 aliphatic rings. The molecule has 9 heteroatoms. The van der Waals surface area contributed by atoms with Gasteiger partial charge in [0, 0.05) is 5.69 Å². The van der Waals surface area contributed by atoms with Crippen LogP contribution in [0.25, 0.3) is 0 Å². The largest absolute Gasteiger partial charge is 0.465 e. The third kappa shape index (κ3) is 6.40. The minimum atomic E-state index is -1.16. The fourth-order valence-corrected chi connectivity index (χ4v) is 1.39. The highest BCUT2D eigenvalue weighted by Gasteiger charge is 2.05. The summed E-state index contributed by atoms with van der Waals surface area (Å²) in [6, 6.07) is 9.39. The molecule has 2 aromatic rings. The number of hydrogen-bond acceptors (Lipinski definition) is 3. The van der Waals surface area contributed by atoms with Crippen molar-refractivity contribution in [3.63, 3.8) is 0 Å². The third-order valence-corrected chi connectivity index (χ3v) is 2.44. The Hall–Kier alpha value is -3.20. The van der Waals surface area contributed by atoms with Crippen molar-refractivity contribution < 1.29 is 23.5 Å². The molecular formula is C14H14F2N4O3. The van der Waals surface area contributed by atoms with Crippen molar-refractivity contribution in [2.75, 3.05) is 10.3 Å². The van der Waals surface area contributed by atoms with Crippen LogP contribution in [-0.4, -0.2) is 17.2 Å². The summed E-state index contributed by atoms with van der Waals surface area (Å²) in [6.45, 7) is 0. The maximum Gasteiger partial charge on any atom is 0.409 e. The van der Waals surface area contributed by atoms with Crippen molar-refractivity contribution in [2.24, 2.45) is 11.6 Å². The molecule has 0 aliphatic carbocycles. The predicted molar refractivity (Wildman–Crippen MR) is 80.7 cm³/mol. The molecule has 0 aliphatic heterocycles. The Labute approximate surface area is 130 Å². The number of nitrogens with two attached hydrogens (primary N) is 2. The zero-order valence-corrected chi connectivity index (χ0v) is 11.7. The van der Waals surface area contributed by atoms with E-state index >= 15 is 0 Å². The van der Waals surface area contributed by atoms with Crippen LogP contribution in [0, 0.1) is 11.6 Å². The number of nitrogens with one attached hydrogen (secondary N) is 1. The molecule has 7 nitrogen and oxygen atoms in total. The van der Waals surface area contributed by atoms with Crippen molar-refractivity contribution in [3.05, 3.63) is 60.2 Å². The lowest BCUT2D eigenvalue weighted by atomic mass is 10.3. The number of carbonyl (C=O) groups excluding carboxylic acids is 1. The Morgan fingerprint density at radius 1 is 0.957 bits per heavy atom. The number of halogens is 2. The minimum absolute atomic E-state index is 0.351. The van der Waals surface area contributed by atoms with E-state index in [0.29, 0.717) is 11.4 Å². The number of benzene rings is 2. The average Bonchev–Trinajstić information content (AvgIpc) is 2.50. The van der Waals surface area contributed by atoms with E-state index in [-0.39, 0.29) is 5.82 Å². The number of hydrogen-bond donors (Lipinski definition) is 4. The second kappa shape index (κ2) is 8.29. The van der Waals surface area contributed by atoms with Gasteiger partial charge in [0.05, 0.1) is 5.69 Å². The Bertz CT molecular complexity index is 663. The highest BCUT2D eigenvalue weighted by atomic mass is 19.1. The molecule has 0 saturated carbocycles. The first-order chi connectivity index (χ1) is 10.8. The number of rotatable bonds is 2. The predicted octanol–water partition coefficient (Wildman–Crippen LogP) is 2.50. The van der Waals surface area contributed by atoms with Crippen LogP contribution in [0.2, 0.25) is 0 Å². The molecule has 0 radical (unpaired) electrons. The normalized spacial score (nSPS) is 9.35. The van der Waals surface area contributed by atoms with Gasteiger partial charge in [-0.1, -0.05) is 0 Å². The van der Waals surface area contributed by atoms with E-state index in [1.807, 2.05) is 0 Å². The smallest absolute Gasteiger partial charge is 0.409 e. The first kappa shape index (κ1) is 17.9. The molecule has 0 bridgehead atoms. The maximum atomic E-state index is 12.4. The minimum Gasteiger partial charge on any atom is -0.465 e. The maximum absolute atomic E-state index is 12.4. The van der Waals surface area contributed by atoms with Gasteiger partial charge in [0.25, 0.3) is 0 Å². The van der Waals surface area contributed by atoms with E-state index in [2.05, 4.69) is 5.32 Å². The van der Waals surface area contributed by atoms with Crippen LogP contribution in [0.1, 0.15) is 0 Å². The Morgan fingerprint density at radius 3 is 1.78 bits per heavy atom. The van der Waals surface area contributed by atoms with Gasteiger partial charge in [0.2, 0.25) is 0 Å². The molecule has 23 heavy (non-hydrogen) atoms. The van der Waals surface area contributed by atoms with E-state index in [0.717, 1.165) is 5.01 Å². The lowest BCUT2D eigenvalue weighted by Crippen LogP contribution is -2.41. The van der Waals surface area contributed by atoms with Crippen LogP contribution < -0.4 is 21.9 Å². The van der Waals surface area contributed by atoms with E-state index in [1.165, 1.54) is 48.5 Å². The number of carboxylic acid groups (broad SMARTS) is 1. The summed E-state index contributed by atoms with van der Waals surface area (Å²) in [5, 5.41) is 11.0. The molecule has 122 valence electrons. The molecule has 2 aromatic carbocycles. The molecule has 0 unspecified atom stereocenters. The molecule has 0 heterocycles. The number of hydrazine groups is 1. The van der Waals surface area contributed by atoms with Crippen LogP contribution in [0.15, 0.2) is 48.5 Å². The molecule has 2 rings (SSSR count). The highest BCUT2D eigenvalue weighted by molar-refractivity contribution is 5.89. The molecule has 0 spiro atoms. The lowest BCUT2D eigenvalue weighted by Gasteiger charge is -2.12. The van der Waals surface area contributed by atoms with Gasteiger partial charge in [-0.05, 0) is 48.5 Å². The lowest BCUT2D eigenvalue weighted by molar-refractivity contribution is 0.209. The van der Waals surface area contributed by atoms with Crippen LogP contribution >= 0.6 is 0 Å². The molecular weight excluding hydrogens is 310 g/mol. The van der Waals surface area contributed by atoms with Crippen LogP contribution in [0.5, 0.6) is 0 Å². The van der Waals surface area contributed by atoms with Gasteiger partial charge in [-0.15, -0.1) is 0 Å². The third-order valence-electron chi connectivity index (χ3n) is 2.44. The van der Waals surface area contributed by atoms with Crippen molar-refractivity contribution >= 4 is 23.5 Å². The van der Waals surface area contributed by atoms with Crippen molar-refractivity contribution in [1.29, 1.82) is 0 Å². The number of amides is 3. The Morgan fingerprint density at radius 2 is 1.39 bits per heavy atom. The van der Waals surface area contributed by atoms with Crippen molar-refractivity contribution in [2.45, 2.75) is 0 Å². The van der Waals surface area contributed by atoms with E-state index in [1.54, 1.807) is 0 Å². The first-order valence-electron chi connectivity index (χ1n) is 6.15. The monoisotopic (exact) mass is 324 g/mol. The number of primary amides is 1. The zero-order chi connectivity index (χ0) is 17.4. The fraction of sp³-hybridized carbons (Fsp3) is 0.